The minimum absolute atomic E-state index is 0.360. The van der Waals surface area contributed by atoms with Gasteiger partial charge in [-0.3, -0.25) is 5.41 Å². The molecule has 3 rings (SSSR count). The first-order chi connectivity index (χ1) is 8.70. The van der Waals surface area contributed by atoms with Crippen LogP contribution in [0.25, 0.3) is 0 Å². The molecule has 5 N–H and O–H groups in total. The lowest BCUT2D eigenvalue weighted by Gasteiger charge is -2.24. The number of nitrogens with two attached hydrogens (primary N) is 1. The van der Waals surface area contributed by atoms with Crippen LogP contribution in [0.15, 0.2) is 18.3 Å². The Hall–Kier alpha value is -1.78. The lowest BCUT2D eigenvalue weighted by Crippen LogP contribution is -2.41. The van der Waals surface area contributed by atoms with Gasteiger partial charge < -0.3 is 16.4 Å². The van der Waals surface area contributed by atoms with E-state index in [4.69, 9.17) is 11.1 Å². The van der Waals surface area contributed by atoms with Crippen molar-refractivity contribution in [3.05, 3.63) is 18.3 Å². The molecule has 3 unspecified atom stereocenters. The molecule has 0 spiro atoms. The molecule has 18 heavy (non-hydrogen) atoms. The summed E-state index contributed by atoms with van der Waals surface area (Å²) in [6, 6.07) is 4.04. The second kappa shape index (κ2) is 4.48. The number of nitrogen functional groups attached to an aromatic ring is 1. The van der Waals surface area contributed by atoms with Crippen LogP contribution in [0, 0.1) is 17.2 Å². The topological polar surface area (TPSA) is 86.8 Å². The van der Waals surface area contributed by atoms with Crippen LogP contribution >= 0.6 is 0 Å². The Kier molecular flexibility index (Phi) is 2.81. The van der Waals surface area contributed by atoms with Crippen molar-refractivity contribution < 1.29 is 0 Å². The Morgan fingerprint density at radius 2 is 2.22 bits per heavy atom. The molecule has 5 nitrogen and oxygen atoms in total. The number of pyridine rings is 1. The number of nitrogens with zero attached hydrogens (tertiary/aromatic N) is 1. The maximum atomic E-state index is 7.94. The highest BCUT2D eigenvalue weighted by molar-refractivity contribution is 5.91. The molecule has 0 radical (unpaired) electrons. The van der Waals surface area contributed by atoms with Gasteiger partial charge in [-0.15, -0.1) is 0 Å². The smallest absolute Gasteiger partial charge is 0.193 e. The van der Waals surface area contributed by atoms with Crippen LogP contribution in [-0.2, 0) is 0 Å². The summed E-state index contributed by atoms with van der Waals surface area (Å²) in [5.74, 6) is 2.51. The van der Waals surface area contributed by atoms with Crippen molar-refractivity contribution in [2.24, 2.45) is 11.8 Å². The summed E-state index contributed by atoms with van der Waals surface area (Å²) in [4.78, 5) is 3.99. The van der Waals surface area contributed by atoms with Crippen molar-refractivity contribution in [2.75, 3.05) is 11.1 Å². The zero-order chi connectivity index (χ0) is 12.5. The van der Waals surface area contributed by atoms with Crippen molar-refractivity contribution in [3.8, 4) is 0 Å². The van der Waals surface area contributed by atoms with E-state index in [2.05, 4.69) is 15.6 Å². The highest BCUT2D eigenvalue weighted by Gasteiger charge is 2.39. The summed E-state index contributed by atoms with van der Waals surface area (Å²) in [6.07, 6.45) is 6.90. The molecule has 96 valence electrons. The maximum Gasteiger partial charge on any atom is 0.193 e. The molecule has 0 aromatic carbocycles. The van der Waals surface area contributed by atoms with E-state index in [1.54, 1.807) is 12.3 Å². The molecule has 2 saturated carbocycles. The third kappa shape index (κ3) is 2.25. The van der Waals surface area contributed by atoms with E-state index in [0.717, 1.165) is 17.5 Å². The average molecular weight is 245 g/mol. The second-order valence-corrected chi connectivity index (χ2v) is 5.40. The van der Waals surface area contributed by atoms with E-state index in [-0.39, 0.29) is 0 Å². The lowest BCUT2D eigenvalue weighted by atomic mass is 9.95. The highest BCUT2D eigenvalue weighted by Crippen LogP contribution is 2.44. The highest BCUT2D eigenvalue weighted by atomic mass is 15.2. The Bertz CT molecular complexity index is 441. The number of nitrogens with one attached hydrogen (secondary N) is 3. The number of hydrogen-bond acceptors (Lipinski definition) is 3. The van der Waals surface area contributed by atoms with Gasteiger partial charge in [-0.2, -0.15) is 0 Å². The van der Waals surface area contributed by atoms with Crippen molar-refractivity contribution in [1.29, 1.82) is 5.41 Å². The monoisotopic (exact) mass is 245 g/mol. The van der Waals surface area contributed by atoms with E-state index < -0.39 is 0 Å². The fourth-order valence-electron chi connectivity index (χ4n) is 3.27. The summed E-state index contributed by atoms with van der Waals surface area (Å²) >= 11 is 0. The number of aromatic nitrogens is 1. The molecule has 1 aromatic rings. The van der Waals surface area contributed by atoms with Crippen LogP contribution in [0.5, 0.6) is 0 Å². The van der Waals surface area contributed by atoms with Gasteiger partial charge in [0, 0.05) is 6.04 Å². The van der Waals surface area contributed by atoms with Gasteiger partial charge in [0.1, 0.15) is 5.82 Å². The van der Waals surface area contributed by atoms with Crippen molar-refractivity contribution in [3.63, 3.8) is 0 Å². The quantitative estimate of drug-likeness (QED) is 0.472. The van der Waals surface area contributed by atoms with Crippen LogP contribution < -0.4 is 16.4 Å². The van der Waals surface area contributed by atoms with E-state index >= 15 is 0 Å². The molecule has 3 atom stereocenters. The largest absolute Gasteiger partial charge is 0.384 e. The number of guanidine groups is 1. The molecule has 0 amide bonds. The number of anilines is 2. The molecule has 5 heteroatoms. The Labute approximate surface area is 107 Å². The van der Waals surface area contributed by atoms with Gasteiger partial charge in [0.15, 0.2) is 5.96 Å². The van der Waals surface area contributed by atoms with Gasteiger partial charge >= 0.3 is 0 Å². The number of rotatable bonds is 2. The minimum Gasteiger partial charge on any atom is -0.384 e. The molecule has 0 saturated heterocycles. The Morgan fingerprint density at radius 3 is 2.83 bits per heavy atom. The van der Waals surface area contributed by atoms with Gasteiger partial charge in [-0.05, 0) is 43.2 Å². The molecule has 2 bridgehead atoms. The summed E-state index contributed by atoms with van der Waals surface area (Å²) < 4.78 is 0. The molecule has 2 aliphatic carbocycles. The van der Waals surface area contributed by atoms with E-state index in [9.17, 15) is 0 Å². The van der Waals surface area contributed by atoms with E-state index in [1.165, 1.54) is 25.7 Å². The first-order valence-corrected chi connectivity index (χ1v) is 6.54. The predicted octanol–water partition coefficient (Wildman–Crippen LogP) is 1.79. The Morgan fingerprint density at radius 1 is 1.33 bits per heavy atom. The third-order valence-corrected chi connectivity index (χ3v) is 4.12. The van der Waals surface area contributed by atoms with Crippen LogP contribution in [0.1, 0.15) is 25.7 Å². The molecule has 2 aliphatic rings. The summed E-state index contributed by atoms with van der Waals surface area (Å²) in [5.41, 5.74) is 6.32. The molecule has 1 aromatic heterocycles. The van der Waals surface area contributed by atoms with Crippen molar-refractivity contribution in [2.45, 2.75) is 31.7 Å². The average Bonchev–Trinajstić information content (AvgIpc) is 2.94. The number of hydrogen-bond donors (Lipinski definition) is 4. The van der Waals surface area contributed by atoms with Gasteiger partial charge in [0.25, 0.3) is 0 Å². The van der Waals surface area contributed by atoms with E-state index in [1.807, 2.05) is 6.07 Å². The fourth-order valence-corrected chi connectivity index (χ4v) is 3.27. The van der Waals surface area contributed by atoms with Crippen molar-refractivity contribution >= 4 is 17.5 Å². The molecule has 1 heterocycles. The van der Waals surface area contributed by atoms with Gasteiger partial charge in [-0.1, -0.05) is 6.42 Å². The summed E-state index contributed by atoms with van der Waals surface area (Å²) in [5, 5.41) is 14.2. The predicted molar refractivity (Wildman–Crippen MR) is 72.4 cm³/mol. The standard InChI is InChI=1S/C13H19N5/c14-12-4-3-10(7-16-12)17-13(15)18-11-6-8-1-2-9(11)5-8/h3-4,7-9,11H,1-2,5-6H2,(H2,14,16)(H3,15,17,18). The summed E-state index contributed by atoms with van der Waals surface area (Å²) in [6.45, 7) is 0. The SMILES string of the molecule is N=C(Nc1ccc(N)nc1)NC1CC2CCC1C2. The van der Waals surface area contributed by atoms with E-state index in [0.29, 0.717) is 17.8 Å². The second-order valence-electron chi connectivity index (χ2n) is 5.40. The maximum absolute atomic E-state index is 7.94. The zero-order valence-electron chi connectivity index (χ0n) is 10.3. The van der Waals surface area contributed by atoms with Crippen LogP contribution in [-0.4, -0.2) is 17.0 Å². The zero-order valence-corrected chi connectivity index (χ0v) is 10.3. The van der Waals surface area contributed by atoms with Crippen LogP contribution in [0.4, 0.5) is 11.5 Å². The molecular formula is C13H19N5. The molecule has 0 aliphatic heterocycles. The molecule has 2 fully saturated rings. The van der Waals surface area contributed by atoms with Gasteiger partial charge in [-0.25, -0.2) is 4.98 Å². The third-order valence-electron chi connectivity index (χ3n) is 4.12. The van der Waals surface area contributed by atoms with Gasteiger partial charge in [0.2, 0.25) is 0 Å². The normalized spacial score (nSPS) is 29.2. The summed E-state index contributed by atoms with van der Waals surface area (Å²) in [7, 11) is 0. The fraction of sp³-hybridized carbons (Fsp3) is 0.538. The first kappa shape index (κ1) is 11.3. The Balaban J connectivity index is 1.54. The first-order valence-electron chi connectivity index (χ1n) is 6.54. The lowest BCUT2D eigenvalue weighted by molar-refractivity contribution is 0.390. The number of fused-ring (bicyclic) bond motifs is 2. The van der Waals surface area contributed by atoms with Gasteiger partial charge in [0.05, 0.1) is 11.9 Å². The minimum atomic E-state index is 0.360. The van der Waals surface area contributed by atoms with Crippen molar-refractivity contribution in [1.82, 2.24) is 10.3 Å². The van der Waals surface area contributed by atoms with Crippen LogP contribution in [0.2, 0.25) is 0 Å². The molecular weight excluding hydrogens is 226 g/mol. The van der Waals surface area contributed by atoms with Crippen LogP contribution in [0.3, 0.4) is 0 Å².